The van der Waals surface area contributed by atoms with Crippen molar-refractivity contribution in [2.24, 2.45) is 11.3 Å². The maximum absolute atomic E-state index is 4.94. The first-order chi connectivity index (χ1) is 18.1. The molecule has 2 heterocycles. The molecule has 0 spiro atoms. The number of benzene rings is 3. The zero-order valence-electron chi connectivity index (χ0n) is 23.8. The van der Waals surface area contributed by atoms with Gasteiger partial charge in [0, 0.05) is 0 Å². The number of nitrogens with zero attached hydrogens (tertiary/aromatic N) is 2. The van der Waals surface area contributed by atoms with Gasteiger partial charge in [-0.1, -0.05) is 0 Å². The van der Waals surface area contributed by atoms with E-state index in [1.165, 1.54) is 67.5 Å². The first kappa shape index (κ1) is 26.0. The van der Waals surface area contributed by atoms with E-state index >= 15 is 0 Å². The Morgan fingerprint density at radius 1 is 0.947 bits per heavy atom. The van der Waals surface area contributed by atoms with Crippen molar-refractivity contribution < 1.29 is 0 Å². The molecule has 0 N–H and O–H groups in total. The topological polar surface area (TPSA) is 25.8 Å². The Kier molecular flexibility index (Phi) is 6.65. The average Bonchev–Trinajstić information content (AvgIpc) is 3.25. The third kappa shape index (κ3) is 4.81. The molecule has 2 aromatic heterocycles. The Balaban J connectivity index is 1.48. The van der Waals surface area contributed by atoms with E-state index in [0.717, 1.165) is 11.2 Å². The molecule has 0 aliphatic heterocycles. The van der Waals surface area contributed by atoms with Gasteiger partial charge in [-0.15, -0.1) is 0 Å². The molecule has 0 unspecified atom stereocenters. The van der Waals surface area contributed by atoms with Gasteiger partial charge in [0.2, 0.25) is 0 Å². The fourth-order valence-electron chi connectivity index (χ4n) is 6.92. The van der Waals surface area contributed by atoms with Crippen LogP contribution in [0, 0.1) is 11.3 Å². The molecule has 2 nitrogen and oxygen atoms in total. The Hall–Kier alpha value is -2.26. The third-order valence-electron chi connectivity index (χ3n) is 8.87. The van der Waals surface area contributed by atoms with Crippen LogP contribution in [-0.4, -0.2) is 32.5 Å². The summed E-state index contributed by atoms with van der Waals surface area (Å²) >= 11 is 0.224. The summed E-state index contributed by atoms with van der Waals surface area (Å²) in [5.74, 6) is 1.40. The zero-order valence-corrected chi connectivity index (χ0v) is 26.5. The van der Waals surface area contributed by atoms with Gasteiger partial charge in [-0.25, -0.2) is 0 Å². The summed E-state index contributed by atoms with van der Waals surface area (Å²) in [5.41, 5.74) is 5.62. The van der Waals surface area contributed by atoms with Crippen LogP contribution in [0.15, 0.2) is 60.9 Å². The van der Waals surface area contributed by atoms with Crippen LogP contribution in [0.3, 0.4) is 0 Å². The summed E-state index contributed by atoms with van der Waals surface area (Å²) in [5, 5.41) is 5.66. The second-order valence-corrected chi connectivity index (χ2v) is 20.3. The van der Waals surface area contributed by atoms with Crippen molar-refractivity contribution in [2.45, 2.75) is 78.4 Å². The fraction of sp³-hybridized carbons (Fsp3) is 0.412. The van der Waals surface area contributed by atoms with Crippen LogP contribution in [-0.2, 0) is 0 Å². The van der Waals surface area contributed by atoms with E-state index in [9.17, 15) is 0 Å². The molecule has 1 aliphatic carbocycles. The molecule has 4 heteroatoms. The van der Waals surface area contributed by atoms with Gasteiger partial charge in [0.1, 0.15) is 0 Å². The van der Waals surface area contributed by atoms with Gasteiger partial charge in [-0.3, -0.25) is 0 Å². The monoisotopic (exact) mass is 584 g/mol. The van der Waals surface area contributed by atoms with Gasteiger partial charge < -0.3 is 0 Å². The molecule has 0 amide bonds. The molecule has 3 aromatic carbocycles. The summed E-state index contributed by atoms with van der Waals surface area (Å²) in [7, 11) is -1.64. The van der Waals surface area contributed by atoms with E-state index in [1.807, 2.05) is 0 Å². The van der Waals surface area contributed by atoms with E-state index in [0.29, 0.717) is 17.3 Å². The van der Waals surface area contributed by atoms with Crippen molar-refractivity contribution in [1.82, 2.24) is 9.97 Å². The molecule has 0 atom stereocenters. The van der Waals surface area contributed by atoms with Gasteiger partial charge in [-0.2, -0.15) is 0 Å². The third-order valence-corrected chi connectivity index (χ3v) is 15.0. The van der Waals surface area contributed by atoms with Gasteiger partial charge in [-0.05, 0) is 0 Å². The molecule has 1 fully saturated rings. The number of hydrogen-bond donors (Lipinski definition) is 0. The molecule has 38 heavy (non-hydrogen) atoms. The quantitative estimate of drug-likeness (QED) is 0.193. The predicted octanol–water partition coefficient (Wildman–Crippen LogP) is 8.92. The molecule has 5 aromatic rings. The summed E-state index contributed by atoms with van der Waals surface area (Å²) in [6.07, 6.45) is 7.08. The van der Waals surface area contributed by atoms with E-state index in [-0.39, 0.29) is 14.5 Å². The van der Waals surface area contributed by atoms with Crippen LogP contribution >= 0.6 is 0 Å². The van der Waals surface area contributed by atoms with Crippen molar-refractivity contribution in [3.8, 4) is 11.3 Å². The molecule has 0 radical (unpaired) electrons. The minimum atomic E-state index is -1.64. The van der Waals surface area contributed by atoms with E-state index < -0.39 is 8.07 Å². The molecule has 0 saturated heterocycles. The van der Waals surface area contributed by atoms with Crippen molar-refractivity contribution in [2.75, 3.05) is 0 Å². The van der Waals surface area contributed by atoms with Gasteiger partial charge >= 0.3 is 235 Å². The first-order valence-electron chi connectivity index (χ1n) is 14.3. The molecule has 1 aliphatic rings. The molecule has 1 saturated carbocycles. The average molecular weight is 584 g/mol. The standard InChI is InChI=1S/C34H40N2SeSi/c1-22(2)20-38(5,6)30-19-26(17-25-9-7-8-10-27(25)30)31-33-32(36-21-35-31)28-12-11-24(18-29(28)37-33)23-13-15-34(3,4)16-14-23/h7-12,17-19,21-23H,13-16,20H2,1-6H3. The number of hydrogen-bond acceptors (Lipinski definition) is 2. The summed E-state index contributed by atoms with van der Waals surface area (Å²) in [6.45, 7) is 14.7. The molecule has 196 valence electrons. The Morgan fingerprint density at radius 2 is 1.71 bits per heavy atom. The second kappa shape index (κ2) is 9.73. The fourth-order valence-corrected chi connectivity index (χ4v) is 13.2. The van der Waals surface area contributed by atoms with Crippen molar-refractivity contribution in [3.05, 3.63) is 66.5 Å². The molecule has 0 bridgehead atoms. The normalized spacial score (nSPS) is 16.7. The summed E-state index contributed by atoms with van der Waals surface area (Å²) in [6, 6.07) is 22.4. The SMILES string of the molecule is CC(C)C[Si](C)(C)c1cc(-c2ncnc3c2[se]c2cc(C4CCC(C)(C)CC4)ccc23)cc2ccccc12. The number of rotatable bonds is 5. The van der Waals surface area contributed by atoms with Crippen LogP contribution in [0.4, 0.5) is 0 Å². The van der Waals surface area contributed by atoms with E-state index in [4.69, 9.17) is 9.97 Å². The van der Waals surface area contributed by atoms with Crippen molar-refractivity contribution >= 4 is 58.0 Å². The molecule has 6 rings (SSSR count). The predicted molar refractivity (Wildman–Crippen MR) is 169 cm³/mol. The van der Waals surface area contributed by atoms with Crippen molar-refractivity contribution in [3.63, 3.8) is 0 Å². The first-order valence-corrected chi connectivity index (χ1v) is 19.2. The number of fused-ring (bicyclic) bond motifs is 4. The minimum absolute atomic E-state index is 0.224. The molecular formula is C34H40N2SeSi. The zero-order chi connectivity index (χ0) is 26.7. The number of aromatic nitrogens is 2. The van der Waals surface area contributed by atoms with Crippen LogP contribution in [0.2, 0.25) is 19.1 Å². The van der Waals surface area contributed by atoms with E-state index in [2.05, 4.69) is 95.4 Å². The van der Waals surface area contributed by atoms with Crippen LogP contribution < -0.4 is 5.19 Å². The van der Waals surface area contributed by atoms with Crippen molar-refractivity contribution in [1.29, 1.82) is 0 Å². The second-order valence-electron chi connectivity index (χ2n) is 13.4. The van der Waals surface area contributed by atoms with Crippen LogP contribution in [0.25, 0.3) is 41.5 Å². The van der Waals surface area contributed by atoms with Gasteiger partial charge in [0.25, 0.3) is 0 Å². The van der Waals surface area contributed by atoms with Crippen LogP contribution in [0.1, 0.15) is 64.9 Å². The Bertz CT molecular complexity index is 1640. The van der Waals surface area contributed by atoms with Gasteiger partial charge in [0.05, 0.1) is 0 Å². The maximum atomic E-state index is 4.94. The van der Waals surface area contributed by atoms with Gasteiger partial charge in [0.15, 0.2) is 0 Å². The van der Waals surface area contributed by atoms with Crippen LogP contribution in [0.5, 0.6) is 0 Å². The Labute approximate surface area is 234 Å². The Morgan fingerprint density at radius 3 is 2.47 bits per heavy atom. The van der Waals surface area contributed by atoms with E-state index in [1.54, 1.807) is 11.5 Å². The summed E-state index contributed by atoms with van der Waals surface area (Å²) < 4.78 is 2.86. The molecular weight excluding hydrogens is 543 g/mol. The summed E-state index contributed by atoms with van der Waals surface area (Å²) in [4.78, 5) is 9.78.